The van der Waals surface area contributed by atoms with Crippen molar-refractivity contribution in [2.45, 2.75) is 17.9 Å². The van der Waals surface area contributed by atoms with Crippen molar-refractivity contribution in [2.75, 3.05) is 11.9 Å². The zero-order valence-electron chi connectivity index (χ0n) is 17.6. The molecule has 0 aliphatic rings. The van der Waals surface area contributed by atoms with Crippen LogP contribution in [-0.4, -0.2) is 35.6 Å². The summed E-state index contributed by atoms with van der Waals surface area (Å²) in [4.78, 5) is 12.5. The lowest BCUT2D eigenvalue weighted by Gasteiger charge is -2.10. The first kappa shape index (κ1) is 22.4. The van der Waals surface area contributed by atoms with Gasteiger partial charge in [0.2, 0.25) is 27.7 Å². The van der Waals surface area contributed by atoms with Crippen molar-refractivity contribution in [2.24, 2.45) is 0 Å². The molecule has 8 nitrogen and oxygen atoms in total. The van der Waals surface area contributed by atoms with E-state index in [0.717, 1.165) is 10.1 Å². The predicted molar refractivity (Wildman–Crippen MR) is 126 cm³/mol. The van der Waals surface area contributed by atoms with Crippen LogP contribution in [-0.2, 0) is 27.8 Å². The molecule has 0 atom stereocenters. The molecule has 1 aromatic heterocycles. The molecule has 170 valence electrons. The van der Waals surface area contributed by atoms with Gasteiger partial charge in [0.1, 0.15) is 6.54 Å². The van der Waals surface area contributed by atoms with Crippen molar-refractivity contribution in [3.63, 3.8) is 0 Å². The number of fused-ring (bicyclic) bond motifs is 1. The molecule has 3 aromatic carbocycles. The SMILES string of the molecule is O=C(Cn1c(O)c2ccccc2c1O)Nc1ccc(S(=O)(=O)NCCc2ccccc2)cc1. The highest BCUT2D eigenvalue weighted by atomic mass is 32.2. The lowest BCUT2D eigenvalue weighted by atomic mass is 10.2. The van der Waals surface area contributed by atoms with E-state index in [2.05, 4.69) is 10.0 Å². The van der Waals surface area contributed by atoms with E-state index in [1.165, 1.54) is 24.3 Å². The quantitative estimate of drug-likeness (QED) is 0.318. The summed E-state index contributed by atoms with van der Waals surface area (Å²) in [5.74, 6) is -0.903. The van der Waals surface area contributed by atoms with E-state index >= 15 is 0 Å². The number of carbonyl (C=O) groups is 1. The minimum Gasteiger partial charge on any atom is -0.494 e. The number of anilines is 1. The van der Waals surface area contributed by atoms with Crippen LogP contribution in [0.2, 0.25) is 0 Å². The molecule has 0 unspecified atom stereocenters. The molecule has 0 fully saturated rings. The number of sulfonamides is 1. The van der Waals surface area contributed by atoms with Gasteiger partial charge in [-0.25, -0.2) is 13.1 Å². The van der Waals surface area contributed by atoms with Gasteiger partial charge in [0.05, 0.1) is 4.90 Å². The van der Waals surface area contributed by atoms with Crippen LogP contribution in [0.15, 0.2) is 83.8 Å². The fourth-order valence-electron chi connectivity index (χ4n) is 3.53. The number of nitrogens with zero attached hydrogens (tertiary/aromatic N) is 1. The minimum atomic E-state index is -3.68. The lowest BCUT2D eigenvalue weighted by molar-refractivity contribution is -0.116. The van der Waals surface area contributed by atoms with E-state index in [4.69, 9.17) is 0 Å². The Bertz CT molecular complexity index is 1340. The van der Waals surface area contributed by atoms with E-state index in [9.17, 15) is 23.4 Å². The van der Waals surface area contributed by atoms with Crippen LogP contribution in [0.3, 0.4) is 0 Å². The second-order valence-electron chi connectivity index (χ2n) is 7.48. The van der Waals surface area contributed by atoms with Gasteiger partial charge < -0.3 is 15.5 Å². The van der Waals surface area contributed by atoms with Crippen LogP contribution in [0.1, 0.15) is 5.56 Å². The van der Waals surface area contributed by atoms with Gasteiger partial charge in [-0.2, -0.15) is 0 Å². The number of amides is 1. The van der Waals surface area contributed by atoms with E-state index in [1.807, 2.05) is 30.3 Å². The molecular formula is C24H23N3O5S. The molecule has 9 heteroatoms. The first-order valence-corrected chi connectivity index (χ1v) is 11.8. The van der Waals surface area contributed by atoms with Crippen LogP contribution in [0.5, 0.6) is 11.8 Å². The topological polar surface area (TPSA) is 121 Å². The molecule has 0 spiro atoms. The smallest absolute Gasteiger partial charge is 0.244 e. The number of carbonyl (C=O) groups excluding carboxylic acids is 1. The van der Waals surface area contributed by atoms with Crippen LogP contribution >= 0.6 is 0 Å². The number of aromatic hydroxyl groups is 2. The maximum atomic E-state index is 12.5. The Hall–Kier alpha value is -3.82. The highest BCUT2D eigenvalue weighted by Crippen LogP contribution is 2.35. The summed E-state index contributed by atoms with van der Waals surface area (Å²) < 4.78 is 28.7. The summed E-state index contributed by atoms with van der Waals surface area (Å²) in [7, 11) is -3.68. The maximum Gasteiger partial charge on any atom is 0.244 e. The Morgan fingerprint density at radius 2 is 1.39 bits per heavy atom. The summed E-state index contributed by atoms with van der Waals surface area (Å²) in [5.41, 5.74) is 1.42. The molecule has 4 rings (SSSR count). The number of hydrogen-bond donors (Lipinski definition) is 4. The Labute approximate surface area is 191 Å². The average Bonchev–Trinajstić information content (AvgIpc) is 3.05. The molecule has 1 heterocycles. The number of aromatic nitrogens is 1. The Kier molecular flexibility index (Phi) is 6.34. The summed E-state index contributed by atoms with van der Waals surface area (Å²) >= 11 is 0. The molecule has 1 amide bonds. The summed E-state index contributed by atoms with van der Waals surface area (Å²) in [6.45, 7) is -0.0452. The molecule has 0 bridgehead atoms. The molecule has 0 aliphatic carbocycles. The summed E-state index contributed by atoms with van der Waals surface area (Å²) in [6.07, 6.45) is 0.572. The first-order valence-electron chi connectivity index (χ1n) is 10.3. The van der Waals surface area contributed by atoms with Gasteiger partial charge in [0.25, 0.3) is 0 Å². The molecule has 0 aliphatic heterocycles. The van der Waals surface area contributed by atoms with Crippen molar-refractivity contribution in [3.05, 3.63) is 84.4 Å². The molecule has 33 heavy (non-hydrogen) atoms. The van der Waals surface area contributed by atoms with E-state index < -0.39 is 15.9 Å². The van der Waals surface area contributed by atoms with Crippen LogP contribution in [0.4, 0.5) is 5.69 Å². The first-order chi connectivity index (χ1) is 15.8. The van der Waals surface area contributed by atoms with Gasteiger partial charge in [-0.05, 0) is 48.4 Å². The molecule has 0 radical (unpaired) electrons. The zero-order chi connectivity index (χ0) is 23.4. The van der Waals surface area contributed by atoms with Crippen molar-refractivity contribution in [1.29, 1.82) is 0 Å². The highest BCUT2D eigenvalue weighted by Gasteiger charge is 2.18. The molecule has 0 saturated carbocycles. The molecule has 4 N–H and O–H groups in total. The summed E-state index contributed by atoms with van der Waals surface area (Å²) in [6, 6.07) is 22.1. The largest absolute Gasteiger partial charge is 0.494 e. The number of hydrogen-bond acceptors (Lipinski definition) is 5. The number of benzene rings is 3. The molecular weight excluding hydrogens is 442 g/mol. The Balaban J connectivity index is 1.37. The average molecular weight is 466 g/mol. The highest BCUT2D eigenvalue weighted by molar-refractivity contribution is 7.89. The third kappa shape index (κ3) is 5.00. The molecule has 4 aromatic rings. The fraction of sp³-hybridized carbons (Fsp3) is 0.125. The minimum absolute atomic E-state index is 0.0838. The third-order valence-corrected chi connectivity index (χ3v) is 6.70. The van der Waals surface area contributed by atoms with Crippen molar-refractivity contribution >= 4 is 32.4 Å². The third-order valence-electron chi connectivity index (χ3n) is 5.22. The second kappa shape index (κ2) is 9.35. The number of rotatable bonds is 8. The zero-order valence-corrected chi connectivity index (χ0v) is 18.4. The van der Waals surface area contributed by atoms with E-state index in [1.54, 1.807) is 24.3 Å². The Morgan fingerprint density at radius 1 is 0.818 bits per heavy atom. The van der Waals surface area contributed by atoms with Crippen molar-refractivity contribution < 1.29 is 23.4 Å². The second-order valence-corrected chi connectivity index (χ2v) is 9.25. The monoisotopic (exact) mass is 465 g/mol. The van der Waals surface area contributed by atoms with Gasteiger partial charge in [0, 0.05) is 23.0 Å². The van der Waals surface area contributed by atoms with Gasteiger partial charge >= 0.3 is 0 Å². The van der Waals surface area contributed by atoms with Gasteiger partial charge in [-0.15, -0.1) is 0 Å². The maximum absolute atomic E-state index is 12.5. The van der Waals surface area contributed by atoms with Crippen molar-refractivity contribution in [1.82, 2.24) is 9.29 Å². The van der Waals surface area contributed by atoms with E-state index in [-0.39, 0.29) is 29.7 Å². The Morgan fingerprint density at radius 3 is 2.00 bits per heavy atom. The standard InChI is InChI=1S/C24H23N3O5S/c28-22(16-27-23(29)20-8-4-5-9-21(20)24(27)30)26-18-10-12-19(13-11-18)33(31,32)25-15-14-17-6-2-1-3-7-17/h1-13,25,29-30H,14-16H2,(H,26,28). The number of nitrogens with one attached hydrogen (secondary N) is 2. The summed E-state index contributed by atoms with van der Waals surface area (Å²) in [5, 5.41) is 24.1. The normalized spacial score (nSPS) is 11.5. The van der Waals surface area contributed by atoms with Crippen LogP contribution < -0.4 is 10.0 Å². The predicted octanol–water partition coefficient (Wildman–Crippen LogP) is 3.21. The van der Waals surface area contributed by atoms with Crippen molar-refractivity contribution in [3.8, 4) is 11.8 Å². The van der Waals surface area contributed by atoms with Crippen LogP contribution in [0, 0.1) is 0 Å². The lowest BCUT2D eigenvalue weighted by Crippen LogP contribution is -2.26. The van der Waals surface area contributed by atoms with Gasteiger partial charge in [-0.3, -0.25) is 9.36 Å². The van der Waals surface area contributed by atoms with E-state index in [0.29, 0.717) is 22.9 Å². The van der Waals surface area contributed by atoms with Gasteiger partial charge in [-0.1, -0.05) is 42.5 Å². The molecule has 0 saturated heterocycles. The van der Waals surface area contributed by atoms with Crippen LogP contribution in [0.25, 0.3) is 10.8 Å². The fourth-order valence-corrected chi connectivity index (χ4v) is 4.57. The van der Waals surface area contributed by atoms with Gasteiger partial charge in [0.15, 0.2) is 0 Å².